The van der Waals surface area contributed by atoms with Crippen LogP contribution in [0.4, 0.5) is 0 Å². The van der Waals surface area contributed by atoms with Gasteiger partial charge in [0, 0.05) is 17.8 Å². The molecule has 1 N–H and O–H groups in total. The minimum Gasteiger partial charge on any atom is -0.494 e. The van der Waals surface area contributed by atoms with Crippen molar-refractivity contribution in [2.24, 2.45) is 0 Å². The van der Waals surface area contributed by atoms with E-state index in [1.165, 1.54) is 7.11 Å². The summed E-state index contributed by atoms with van der Waals surface area (Å²) in [5, 5.41) is 13.8. The molecule has 0 saturated heterocycles. The molecule has 0 saturated carbocycles. The van der Waals surface area contributed by atoms with Crippen molar-refractivity contribution in [3.63, 3.8) is 0 Å². The fraction of sp³-hybridized carbons (Fsp3) is 0.300. The van der Waals surface area contributed by atoms with Crippen molar-refractivity contribution in [3.8, 4) is 5.75 Å². The number of aliphatic hydroxyl groups excluding tert-OH is 1. The highest BCUT2D eigenvalue weighted by Gasteiger charge is 2.17. The van der Waals surface area contributed by atoms with Gasteiger partial charge in [-0.2, -0.15) is 5.10 Å². The molecule has 2 rings (SSSR count). The molecule has 86 valence electrons. The van der Waals surface area contributed by atoms with Crippen LogP contribution < -0.4 is 4.74 Å². The molecule has 5 nitrogen and oxygen atoms in total. The maximum atomic E-state index is 9.66. The average Bonchev–Trinajstić information content (AvgIpc) is 2.70. The van der Waals surface area contributed by atoms with Crippen molar-refractivity contribution < 1.29 is 14.6 Å². The van der Waals surface area contributed by atoms with Gasteiger partial charge < -0.3 is 14.6 Å². The first kappa shape index (κ1) is 11.4. The van der Waals surface area contributed by atoms with Gasteiger partial charge in [-0.1, -0.05) is 0 Å². The first-order valence-electron chi connectivity index (χ1n) is 4.59. The van der Waals surface area contributed by atoms with Crippen molar-refractivity contribution in [2.75, 3.05) is 14.2 Å². The number of ether oxygens (including phenoxy) is 2. The fourth-order valence-electron chi connectivity index (χ4n) is 1.54. The second-order valence-electron chi connectivity index (χ2n) is 3.21. The second-order valence-corrected chi connectivity index (χ2v) is 4.12. The van der Waals surface area contributed by atoms with Crippen LogP contribution in [-0.4, -0.2) is 28.9 Å². The van der Waals surface area contributed by atoms with E-state index in [1.807, 2.05) is 6.07 Å². The van der Waals surface area contributed by atoms with Gasteiger partial charge in [0.25, 0.3) is 0 Å². The van der Waals surface area contributed by atoms with Gasteiger partial charge in [0.1, 0.15) is 11.3 Å². The Labute approximate surface area is 101 Å². The van der Waals surface area contributed by atoms with Crippen LogP contribution in [0.15, 0.2) is 22.9 Å². The summed E-state index contributed by atoms with van der Waals surface area (Å²) < 4.78 is 12.6. The number of fused-ring (bicyclic) bond motifs is 1. The van der Waals surface area contributed by atoms with Gasteiger partial charge in [-0.3, -0.25) is 0 Å². The van der Waals surface area contributed by atoms with Gasteiger partial charge in [0.05, 0.1) is 18.9 Å². The summed E-state index contributed by atoms with van der Waals surface area (Å²) >= 11 is 3.35. The number of halogens is 1. The second kappa shape index (κ2) is 4.40. The number of nitrogens with zero attached hydrogens (tertiary/aromatic N) is 2. The minimum atomic E-state index is -1.01. The van der Waals surface area contributed by atoms with Crippen LogP contribution in [0, 0.1) is 0 Å². The van der Waals surface area contributed by atoms with Crippen LogP contribution in [-0.2, 0) is 4.74 Å². The molecule has 0 aromatic carbocycles. The lowest BCUT2D eigenvalue weighted by atomic mass is 10.2. The SMILES string of the molecule is COc1cc(Br)cn2ncc(C(O)OC)c12. The maximum absolute atomic E-state index is 9.66. The Kier molecular flexibility index (Phi) is 3.13. The summed E-state index contributed by atoms with van der Waals surface area (Å²) in [4.78, 5) is 0. The molecule has 0 fully saturated rings. The van der Waals surface area contributed by atoms with Crippen molar-refractivity contribution in [1.29, 1.82) is 0 Å². The minimum absolute atomic E-state index is 0.576. The largest absolute Gasteiger partial charge is 0.494 e. The number of aliphatic hydroxyl groups is 1. The van der Waals surface area contributed by atoms with Crippen LogP contribution in [0.1, 0.15) is 11.9 Å². The number of methoxy groups -OCH3 is 2. The lowest BCUT2D eigenvalue weighted by molar-refractivity contribution is -0.0759. The Morgan fingerprint density at radius 1 is 1.50 bits per heavy atom. The first-order chi connectivity index (χ1) is 7.67. The van der Waals surface area contributed by atoms with Crippen molar-refractivity contribution in [1.82, 2.24) is 9.61 Å². The third-order valence-corrected chi connectivity index (χ3v) is 2.71. The Hall–Kier alpha value is -1.11. The summed E-state index contributed by atoms with van der Waals surface area (Å²) in [5.41, 5.74) is 1.27. The molecule has 2 heterocycles. The molecule has 1 atom stereocenters. The van der Waals surface area contributed by atoms with E-state index in [9.17, 15) is 5.11 Å². The van der Waals surface area contributed by atoms with Gasteiger partial charge in [-0.05, 0) is 22.0 Å². The highest BCUT2D eigenvalue weighted by molar-refractivity contribution is 9.10. The number of aromatic nitrogens is 2. The summed E-state index contributed by atoms with van der Waals surface area (Å²) in [6.07, 6.45) is 2.33. The van der Waals surface area contributed by atoms with Crippen molar-refractivity contribution >= 4 is 21.4 Å². The predicted octanol–water partition coefficient (Wildman–Crippen LogP) is 1.74. The van der Waals surface area contributed by atoms with Crippen LogP contribution in [0.2, 0.25) is 0 Å². The van der Waals surface area contributed by atoms with Crippen LogP contribution in [0.25, 0.3) is 5.52 Å². The highest BCUT2D eigenvalue weighted by atomic mass is 79.9. The van der Waals surface area contributed by atoms with E-state index in [0.29, 0.717) is 16.8 Å². The molecule has 2 aromatic heterocycles. The molecule has 2 aromatic rings. The Bertz CT molecular complexity index is 512. The quantitative estimate of drug-likeness (QED) is 0.874. The zero-order valence-electron chi connectivity index (χ0n) is 8.85. The lowest BCUT2D eigenvalue weighted by Crippen LogP contribution is -2.00. The van der Waals surface area contributed by atoms with Gasteiger partial charge in [0.15, 0.2) is 6.29 Å². The molecule has 1 unspecified atom stereocenters. The van der Waals surface area contributed by atoms with Crippen LogP contribution in [0.3, 0.4) is 0 Å². The van der Waals surface area contributed by atoms with E-state index in [2.05, 4.69) is 21.0 Å². The smallest absolute Gasteiger partial charge is 0.184 e. The fourth-order valence-corrected chi connectivity index (χ4v) is 1.94. The summed E-state index contributed by atoms with van der Waals surface area (Å²) in [6.45, 7) is 0. The van der Waals surface area contributed by atoms with Crippen LogP contribution >= 0.6 is 15.9 Å². The lowest BCUT2D eigenvalue weighted by Gasteiger charge is -2.09. The standard InChI is InChI=1S/C10H11BrN2O3/c1-15-8-3-6(11)5-13-9(8)7(4-12-13)10(14)16-2/h3-5,10,14H,1-2H3. The highest BCUT2D eigenvalue weighted by Crippen LogP contribution is 2.30. The van der Waals surface area contributed by atoms with Crippen LogP contribution in [0.5, 0.6) is 5.75 Å². The molecule has 0 spiro atoms. The molecule has 0 radical (unpaired) electrons. The number of hydrogen-bond donors (Lipinski definition) is 1. The molecule has 0 aliphatic heterocycles. The number of pyridine rings is 1. The Balaban J connectivity index is 2.69. The summed E-state index contributed by atoms with van der Waals surface area (Å²) in [7, 11) is 3.00. The van der Waals surface area contributed by atoms with E-state index in [1.54, 1.807) is 24.0 Å². The molecular weight excluding hydrogens is 276 g/mol. The molecular formula is C10H11BrN2O3. The van der Waals surface area contributed by atoms with E-state index >= 15 is 0 Å². The third-order valence-electron chi connectivity index (χ3n) is 2.28. The average molecular weight is 287 g/mol. The van der Waals surface area contributed by atoms with E-state index in [4.69, 9.17) is 9.47 Å². The molecule has 0 aliphatic carbocycles. The Morgan fingerprint density at radius 3 is 2.88 bits per heavy atom. The number of rotatable bonds is 3. The Morgan fingerprint density at radius 2 is 2.25 bits per heavy atom. The topological polar surface area (TPSA) is 56.0 Å². The van der Waals surface area contributed by atoms with Gasteiger partial charge in [0.2, 0.25) is 0 Å². The first-order valence-corrected chi connectivity index (χ1v) is 5.38. The predicted molar refractivity (Wildman–Crippen MR) is 61.4 cm³/mol. The van der Waals surface area contributed by atoms with Gasteiger partial charge in [-0.15, -0.1) is 0 Å². The van der Waals surface area contributed by atoms with Crippen molar-refractivity contribution in [2.45, 2.75) is 6.29 Å². The van der Waals surface area contributed by atoms with E-state index < -0.39 is 6.29 Å². The maximum Gasteiger partial charge on any atom is 0.184 e. The normalized spacial score (nSPS) is 13.0. The third kappa shape index (κ3) is 1.79. The molecule has 0 amide bonds. The number of hydrogen-bond acceptors (Lipinski definition) is 4. The monoisotopic (exact) mass is 286 g/mol. The molecule has 16 heavy (non-hydrogen) atoms. The van der Waals surface area contributed by atoms with Gasteiger partial charge in [-0.25, -0.2) is 4.52 Å². The van der Waals surface area contributed by atoms with E-state index in [0.717, 1.165) is 4.47 Å². The molecule has 0 bridgehead atoms. The summed E-state index contributed by atoms with van der Waals surface area (Å²) in [6, 6.07) is 1.81. The molecule has 0 aliphatic rings. The van der Waals surface area contributed by atoms with Crippen molar-refractivity contribution in [3.05, 3.63) is 28.5 Å². The zero-order chi connectivity index (χ0) is 11.7. The van der Waals surface area contributed by atoms with Gasteiger partial charge >= 0.3 is 0 Å². The van der Waals surface area contributed by atoms with E-state index in [-0.39, 0.29) is 0 Å². The zero-order valence-corrected chi connectivity index (χ0v) is 10.4. The summed E-state index contributed by atoms with van der Waals surface area (Å²) in [5.74, 6) is 0.623. The molecule has 6 heteroatoms.